The SMILES string of the molecule is N#CC(CC(=O)Nc1ccccc1F)c1cccs1. The van der Waals surface area contributed by atoms with Crippen LogP contribution in [0.15, 0.2) is 41.8 Å². The molecule has 3 nitrogen and oxygen atoms in total. The lowest BCUT2D eigenvalue weighted by Gasteiger charge is -2.08. The molecule has 0 radical (unpaired) electrons. The molecule has 0 spiro atoms. The molecule has 0 aliphatic heterocycles. The number of benzene rings is 1. The highest BCUT2D eigenvalue weighted by Gasteiger charge is 2.17. The molecule has 0 saturated carbocycles. The minimum absolute atomic E-state index is 0.0192. The topological polar surface area (TPSA) is 52.9 Å². The van der Waals surface area contributed by atoms with Gasteiger partial charge >= 0.3 is 0 Å². The second-order valence-electron chi connectivity index (χ2n) is 3.93. The molecule has 1 aromatic carbocycles. The highest BCUT2D eigenvalue weighted by atomic mass is 32.1. The number of thiophene rings is 1. The monoisotopic (exact) mass is 274 g/mol. The summed E-state index contributed by atoms with van der Waals surface area (Å²) in [7, 11) is 0. The molecule has 0 saturated heterocycles. The lowest BCUT2D eigenvalue weighted by Crippen LogP contribution is -2.15. The normalized spacial score (nSPS) is 11.6. The van der Waals surface area contributed by atoms with Crippen LogP contribution in [-0.2, 0) is 4.79 Å². The van der Waals surface area contributed by atoms with Crippen molar-refractivity contribution >= 4 is 22.9 Å². The van der Waals surface area contributed by atoms with Crippen LogP contribution < -0.4 is 5.32 Å². The van der Waals surface area contributed by atoms with Gasteiger partial charge in [0.25, 0.3) is 0 Å². The van der Waals surface area contributed by atoms with Crippen LogP contribution in [0.2, 0.25) is 0 Å². The van der Waals surface area contributed by atoms with Gasteiger partial charge in [-0.2, -0.15) is 5.26 Å². The lowest BCUT2D eigenvalue weighted by atomic mass is 10.1. The van der Waals surface area contributed by atoms with Gasteiger partial charge in [-0.3, -0.25) is 4.79 Å². The maximum absolute atomic E-state index is 13.4. The third-order valence-electron chi connectivity index (χ3n) is 2.58. The van der Waals surface area contributed by atoms with Gasteiger partial charge in [0, 0.05) is 11.3 Å². The van der Waals surface area contributed by atoms with Gasteiger partial charge in [0.15, 0.2) is 0 Å². The van der Waals surface area contributed by atoms with Gasteiger partial charge in [-0.15, -0.1) is 11.3 Å². The van der Waals surface area contributed by atoms with Crippen molar-refractivity contribution in [3.63, 3.8) is 0 Å². The van der Waals surface area contributed by atoms with Crippen molar-refractivity contribution in [2.75, 3.05) is 5.32 Å². The number of halogens is 1. The van der Waals surface area contributed by atoms with Crippen LogP contribution in [0.1, 0.15) is 17.2 Å². The molecule has 1 N–H and O–H groups in total. The number of nitrogens with one attached hydrogen (secondary N) is 1. The second kappa shape index (κ2) is 6.12. The van der Waals surface area contributed by atoms with Crippen LogP contribution in [-0.4, -0.2) is 5.91 Å². The summed E-state index contributed by atoms with van der Waals surface area (Å²) >= 11 is 1.43. The second-order valence-corrected chi connectivity index (χ2v) is 4.91. The summed E-state index contributed by atoms with van der Waals surface area (Å²) in [6, 6.07) is 11.7. The molecule has 1 amide bonds. The molecule has 96 valence electrons. The van der Waals surface area contributed by atoms with Gasteiger partial charge in [-0.25, -0.2) is 4.39 Å². The molecule has 1 atom stereocenters. The number of nitriles is 1. The standard InChI is InChI=1S/C14H11FN2OS/c15-11-4-1-2-5-12(11)17-14(18)8-10(9-16)13-6-3-7-19-13/h1-7,10H,8H2,(H,17,18). The summed E-state index contributed by atoms with van der Waals surface area (Å²) in [6.45, 7) is 0. The maximum atomic E-state index is 13.4. The smallest absolute Gasteiger partial charge is 0.226 e. The van der Waals surface area contributed by atoms with E-state index in [1.807, 2.05) is 17.5 Å². The van der Waals surface area contributed by atoms with Gasteiger partial charge in [0.1, 0.15) is 5.82 Å². The summed E-state index contributed by atoms with van der Waals surface area (Å²) < 4.78 is 13.4. The van der Waals surface area contributed by atoms with Crippen molar-refractivity contribution in [1.29, 1.82) is 5.26 Å². The minimum atomic E-state index is -0.494. The van der Waals surface area contributed by atoms with Crippen LogP contribution in [0.3, 0.4) is 0 Å². The molecule has 1 heterocycles. The van der Waals surface area contributed by atoms with E-state index in [4.69, 9.17) is 5.26 Å². The quantitative estimate of drug-likeness (QED) is 0.927. The van der Waals surface area contributed by atoms with Crippen LogP contribution in [0.25, 0.3) is 0 Å². The summed E-state index contributed by atoms with van der Waals surface area (Å²) in [5.74, 6) is -1.35. The van der Waals surface area contributed by atoms with Crippen molar-refractivity contribution in [3.8, 4) is 6.07 Å². The highest BCUT2D eigenvalue weighted by Crippen LogP contribution is 2.24. The predicted octanol–water partition coefficient (Wildman–Crippen LogP) is 3.52. The summed E-state index contributed by atoms with van der Waals surface area (Å²) in [5.41, 5.74) is 0.135. The number of amides is 1. The first-order chi connectivity index (χ1) is 9.20. The first-order valence-corrected chi connectivity index (χ1v) is 6.56. The van der Waals surface area contributed by atoms with E-state index >= 15 is 0 Å². The third kappa shape index (κ3) is 3.39. The zero-order valence-electron chi connectivity index (χ0n) is 9.97. The average Bonchev–Trinajstić information content (AvgIpc) is 2.92. The van der Waals surface area contributed by atoms with E-state index in [0.29, 0.717) is 0 Å². The van der Waals surface area contributed by atoms with Gasteiger partial charge in [-0.1, -0.05) is 18.2 Å². The number of para-hydroxylation sites is 1. The zero-order chi connectivity index (χ0) is 13.7. The summed E-state index contributed by atoms with van der Waals surface area (Å²) in [5, 5.41) is 13.4. The fraction of sp³-hybridized carbons (Fsp3) is 0.143. The fourth-order valence-electron chi connectivity index (χ4n) is 1.65. The molecule has 0 aliphatic carbocycles. The van der Waals surface area contributed by atoms with Gasteiger partial charge < -0.3 is 5.32 Å². The first-order valence-electron chi connectivity index (χ1n) is 5.68. The van der Waals surface area contributed by atoms with E-state index in [2.05, 4.69) is 11.4 Å². The van der Waals surface area contributed by atoms with E-state index in [1.165, 1.54) is 23.5 Å². The molecule has 0 bridgehead atoms. The summed E-state index contributed by atoms with van der Waals surface area (Å²) in [6.07, 6.45) is 0.0192. The Morgan fingerprint density at radius 3 is 2.79 bits per heavy atom. The number of rotatable bonds is 4. The fourth-order valence-corrected chi connectivity index (χ4v) is 2.42. The Morgan fingerprint density at radius 1 is 1.37 bits per heavy atom. The Kier molecular flexibility index (Phi) is 4.26. The highest BCUT2D eigenvalue weighted by molar-refractivity contribution is 7.10. The summed E-state index contributed by atoms with van der Waals surface area (Å²) in [4.78, 5) is 12.6. The van der Waals surface area contributed by atoms with E-state index in [-0.39, 0.29) is 18.0 Å². The van der Waals surface area contributed by atoms with E-state index in [0.717, 1.165) is 4.88 Å². The molecule has 1 unspecified atom stereocenters. The number of hydrogen-bond acceptors (Lipinski definition) is 3. The molecule has 5 heteroatoms. The van der Waals surface area contributed by atoms with Crippen LogP contribution in [0.5, 0.6) is 0 Å². The molecular formula is C14H11FN2OS. The van der Waals surface area contributed by atoms with E-state index < -0.39 is 11.7 Å². The number of anilines is 1. The van der Waals surface area contributed by atoms with Crippen molar-refractivity contribution in [2.45, 2.75) is 12.3 Å². The molecule has 2 rings (SSSR count). The van der Waals surface area contributed by atoms with Crippen molar-refractivity contribution < 1.29 is 9.18 Å². The Balaban J connectivity index is 2.02. The van der Waals surface area contributed by atoms with Crippen molar-refractivity contribution in [1.82, 2.24) is 0 Å². The average molecular weight is 274 g/mol. The van der Waals surface area contributed by atoms with Gasteiger partial charge in [0.05, 0.1) is 17.7 Å². The van der Waals surface area contributed by atoms with Crippen LogP contribution in [0.4, 0.5) is 10.1 Å². The first kappa shape index (κ1) is 13.2. The molecular weight excluding hydrogens is 263 g/mol. The van der Waals surface area contributed by atoms with Crippen molar-refractivity contribution in [2.24, 2.45) is 0 Å². The predicted molar refractivity (Wildman–Crippen MR) is 72.3 cm³/mol. The number of carbonyl (C=O) groups excluding carboxylic acids is 1. The number of carbonyl (C=O) groups is 1. The van der Waals surface area contributed by atoms with Crippen LogP contribution in [0, 0.1) is 17.1 Å². The molecule has 1 aromatic heterocycles. The number of nitrogens with zero attached hydrogens (tertiary/aromatic N) is 1. The molecule has 0 fully saturated rings. The Bertz CT molecular complexity index is 604. The minimum Gasteiger partial charge on any atom is -0.324 e. The molecule has 2 aromatic rings. The Morgan fingerprint density at radius 2 is 2.16 bits per heavy atom. The van der Waals surface area contributed by atoms with E-state index in [1.54, 1.807) is 12.1 Å². The van der Waals surface area contributed by atoms with Gasteiger partial charge in [-0.05, 0) is 23.6 Å². The molecule has 19 heavy (non-hydrogen) atoms. The number of hydrogen-bond donors (Lipinski definition) is 1. The van der Waals surface area contributed by atoms with Gasteiger partial charge in [0.2, 0.25) is 5.91 Å². The largest absolute Gasteiger partial charge is 0.324 e. The van der Waals surface area contributed by atoms with E-state index in [9.17, 15) is 9.18 Å². The zero-order valence-corrected chi connectivity index (χ0v) is 10.8. The Labute approximate surface area is 114 Å². The van der Waals surface area contributed by atoms with Crippen molar-refractivity contribution in [3.05, 3.63) is 52.5 Å². The maximum Gasteiger partial charge on any atom is 0.226 e. The third-order valence-corrected chi connectivity index (χ3v) is 3.57. The van der Waals surface area contributed by atoms with Crippen LogP contribution >= 0.6 is 11.3 Å². The Hall–Kier alpha value is -2.19. The molecule has 0 aliphatic rings. The lowest BCUT2D eigenvalue weighted by molar-refractivity contribution is -0.116.